The summed E-state index contributed by atoms with van der Waals surface area (Å²) in [6, 6.07) is 21.6. The summed E-state index contributed by atoms with van der Waals surface area (Å²) >= 11 is 0. The third-order valence-electron chi connectivity index (χ3n) is 5.30. The number of aliphatic hydroxyl groups excluding tert-OH is 1. The van der Waals surface area contributed by atoms with Crippen LogP contribution in [-0.4, -0.2) is 26.6 Å². The molecular weight excluding hydrogens is 336 g/mol. The standard InChI is InChI=1S/C23H34O2Si/c1-5-20(13-12-18-24)19-25-26(23(2,3)4,21-14-8-6-9-15-21)22-16-10-7-11-17-22/h6-11,14-17,20,24H,5,12-13,18-19H2,1-4H3/t20-/m0/s1. The minimum absolute atomic E-state index is 0.0188. The second kappa shape index (κ2) is 9.49. The van der Waals surface area contributed by atoms with Crippen LogP contribution < -0.4 is 10.4 Å². The number of hydrogen-bond donors (Lipinski definition) is 1. The lowest BCUT2D eigenvalue weighted by Crippen LogP contribution is -2.66. The van der Waals surface area contributed by atoms with E-state index in [9.17, 15) is 5.11 Å². The van der Waals surface area contributed by atoms with Crippen molar-refractivity contribution in [2.75, 3.05) is 13.2 Å². The highest BCUT2D eigenvalue weighted by Crippen LogP contribution is 2.37. The average molecular weight is 371 g/mol. The van der Waals surface area contributed by atoms with Crippen molar-refractivity contribution >= 4 is 18.7 Å². The topological polar surface area (TPSA) is 29.5 Å². The first-order valence-corrected chi connectivity index (χ1v) is 11.7. The van der Waals surface area contributed by atoms with Crippen LogP contribution >= 0.6 is 0 Å². The molecule has 2 nitrogen and oxygen atoms in total. The average Bonchev–Trinajstić information content (AvgIpc) is 2.65. The van der Waals surface area contributed by atoms with Gasteiger partial charge in [0.15, 0.2) is 0 Å². The summed E-state index contributed by atoms with van der Waals surface area (Å²) in [6.07, 6.45) is 2.95. The number of aliphatic hydroxyl groups is 1. The van der Waals surface area contributed by atoms with Crippen molar-refractivity contribution in [3.63, 3.8) is 0 Å². The van der Waals surface area contributed by atoms with E-state index in [2.05, 4.69) is 88.4 Å². The van der Waals surface area contributed by atoms with Crippen molar-refractivity contribution in [3.8, 4) is 0 Å². The molecule has 0 amide bonds. The summed E-state index contributed by atoms with van der Waals surface area (Å²) in [7, 11) is -2.43. The predicted octanol–water partition coefficient (Wildman–Crippen LogP) is 4.36. The smallest absolute Gasteiger partial charge is 0.261 e. The number of benzene rings is 2. The van der Waals surface area contributed by atoms with Crippen molar-refractivity contribution in [2.45, 2.75) is 52.0 Å². The van der Waals surface area contributed by atoms with Gasteiger partial charge in [0.2, 0.25) is 0 Å². The fourth-order valence-corrected chi connectivity index (χ4v) is 8.43. The summed E-state index contributed by atoms with van der Waals surface area (Å²) in [6.45, 7) is 10.2. The molecule has 0 saturated heterocycles. The Morgan fingerprint density at radius 3 is 1.81 bits per heavy atom. The zero-order valence-electron chi connectivity index (χ0n) is 16.7. The summed E-state index contributed by atoms with van der Waals surface area (Å²) in [4.78, 5) is 0. The molecule has 0 aliphatic heterocycles. The molecule has 2 rings (SSSR count). The fraction of sp³-hybridized carbons (Fsp3) is 0.478. The maximum Gasteiger partial charge on any atom is 0.261 e. The normalized spacial score (nSPS) is 13.6. The van der Waals surface area contributed by atoms with Gasteiger partial charge in [0.25, 0.3) is 8.32 Å². The summed E-state index contributed by atoms with van der Waals surface area (Å²) in [5.74, 6) is 0.490. The quantitative estimate of drug-likeness (QED) is 0.665. The SMILES string of the molecule is CC[C@@H](CCCO)CO[Si](c1ccccc1)(c1ccccc1)C(C)(C)C. The van der Waals surface area contributed by atoms with Crippen LogP contribution in [0.5, 0.6) is 0 Å². The van der Waals surface area contributed by atoms with E-state index in [0.29, 0.717) is 5.92 Å². The lowest BCUT2D eigenvalue weighted by Gasteiger charge is -2.43. The number of hydrogen-bond acceptors (Lipinski definition) is 2. The van der Waals surface area contributed by atoms with Crippen LogP contribution in [0.15, 0.2) is 60.7 Å². The largest absolute Gasteiger partial charge is 0.407 e. The molecule has 0 fully saturated rings. The van der Waals surface area contributed by atoms with Crippen LogP contribution in [0.1, 0.15) is 47.0 Å². The van der Waals surface area contributed by atoms with E-state index in [4.69, 9.17) is 4.43 Å². The van der Waals surface area contributed by atoms with Gasteiger partial charge in [-0.15, -0.1) is 0 Å². The highest BCUT2D eigenvalue weighted by atomic mass is 28.4. The third kappa shape index (κ3) is 4.64. The van der Waals surface area contributed by atoms with Gasteiger partial charge in [-0.05, 0) is 34.2 Å². The molecule has 0 radical (unpaired) electrons. The van der Waals surface area contributed by atoms with Gasteiger partial charge >= 0.3 is 0 Å². The fourth-order valence-electron chi connectivity index (χ4n) is 3.79. The van der Waals surface area contributed by atoms with E-state index < -0.39 is 8.32 Å². The van der Waals surface area contributed by atoms with Crippen LogP contribution in [0.3, 0.4) is 0 Å². The third-order valence-corrected chi connectivity index (χ3v) is 10.3. The molecule has 0 aliphatic rings. The molecule has 2 aromatic rings. The van der Waals surface area contributed by atoms with Gasteiger partial charge in [-0.3, -0.25) is 0 Å². The highest BCUT2D eigenvalue weighted by Gasteiger charge is 2.50. The van der Waals surface area contributed by atoms with Crippen molar-refractivity contribution < 1.29 is 9.53 Å². The van der Waals surface area contributed by atoms with Gasteiger partial charge in [0.05, 0.1) is 0 Å². The van der Waals surface area contributed by atoms with Crippen molar-refractivity contribution in [2.24, 2.45) is 5.92 Å². The molecular formula is C23H34O2Si. The maximum absolute atomic E-state index is 9.19. The van der Waals surface area contributed by atoms with E-state index >= 15 is 0 Å². The monoisotopic (exact) mass is 370 g/mol. The Labute approximate surface area is 160 Å². The van der Waals surface area contributed by atoms with Crippen molar-refractivity contribution in [1.82, 2.24) is 0 Å². The Morgan fingerprint density at radius 2 is 1.42 bits per heavy atom. The molecule has 0 spiro atoms. The van der Waals surface area contributed by atoms with E-state index in [1.165, 1.54) is 10.4 Å². The van der Waals surface area contributed by atoms with Crippen LogP contribution in [0.25, 0.3) is 0 Å². The first-order chi connectivity index (χ1) is 12.5. The lowest BCUT2D eigenvalue weighted by molar-refractivity contribution is 0.205. The van der Waals surface area contributed by atoms with Crippen LogP contribution in [-0.2, 0) is 4.43 Å². The van der Waals surface area contributed by atoms with Crippen molar-refractivity contribution in [3.05, 3.63) is 60.7 Å². The molecule has 1 N–H and O–H groups in total. The minimum Gasteiger partial charge on any atom is -0.407 e. The Bertz CT molecular complexity index is 595. The second-order valence-corrected chi connectivity index (χ2v) is 12.4. The molecule has 0 unspecified atom stereocenters. The Hall–Kier alpha value is -1.42. The van der Waals surface area contributed by atoms with Crippen LogP contribution in [0.4, 0.5) is 0 Å². The van der Waals surface area contributed by atoms with Gasteiger partial charge in [0.1, 0.15) is 0 Å². The molecule has 0 aliphatic carbocycles. The first-order valence-electron chi connectivity index (χ1n) is 9.81. The maximum atomic E-state index is 9.19. The van der Waals surface area contributed by atoms with Gasteiger partial charge < -0.3 is 9.53 Å². The van der Waals surface area contributed by atoms with Gasteiger partial charge in [-0.25, -0.2) is 0 Å². The van der Waals surface area contributed by atoms with Gasteiger partial charge in [-0.2, -0.15) is 0 Å². The molecule has 0 saturated carbocycles. The molecule has 26 heavy (non-hydrogen) atoms. The van der Waals surface area contributed by atoms with E-state index in [0.717, 1.165) is 25.9 Å². The van der Waals surface area contributed by atoms with E-state index in [-0.39, 0.29) is 11.6 Å². The molecule has 1 atom stereocenters. The summed E-state index contributed by atoms with van der Waals surface area (Å²) < 4.78 is 6.97. The van der Waals surface area contributed by atoms with Gasteiger partial charge in [0, 0.05) is 13.2 Å². The molecule has 3 heteroatoms. The lowest BCUT2D eigenvalue weighted by atomic mass is 10.0. The molecule has 142 valence electrons. The Kier molecular flexibility index (Phi) is 7.63. The molecule has 0 heterocycles. The van der Waals surface area contributed by atoms with Crippen LogP contribution in [0, 0.1) is 5.92 Å². The van der Waals surface area contributed by atoms with Gasteiger partial charge in [-0.1, -0.05) is 94.8 Å². The van der Waals surface area contributed by atoms with Crippen molar-refractivity contribution in [1.29, 1.82) is 0 Å². The summed E-state index contributed by atoms with van der Waals surface area (Å²) in [5.41, 5.74) is 0. The van der Waals surface area contributed by atoms with E-state index in [1.807, 2.05) is 0 Å². The zero-order valence-corrected chi connectivity index (χ0v) is 17.7. The molecule has 2 aromatic carbocycles. The molecule has 0 aromatic heterocycles. The minimum atomic E-state index is -2.43. The first kappa shape index (κ1) is 20.9. The van der Waals surface area contributed by atoms with E-state index in [1.54, 1.807) is 0 Å². The Morgan fingerprint density at radius 1 is 0.923 bits per heavy atom. The summed E-state index contributed by atoms with van der Waals surface area (Å²) in [5, 5.41) is 11.9. The molecule has 0 bridgehead atoms. The highest BCUT2D eigenvalue weighted by molar-refractivity contribution is 6.99. The van der Waals surface area contributed by atoms with Crippen LogP contribution in [0.2, 0.25) is 5.04 Å². The number of rotatable bonds is 9. The second-order valence-electron chi connectivity index (χ2n) is 8.11. The predicted molar refractivity (Wildman–Crippen MR) is 114 cm³/mol. The Balaban J connectivity index is 2.47. The zero-order chi connectivity index (χ0) is 19.0.